The summed E-state index contributed by atoms with van der Waals surface area (Å²) in [5, 5.41) is 0. The third kappa shape index (κ3) is 4.57. The lowest BCUT2D eigenvalue weighted by atomic mass is 10.1. The van der Waals surface area contributed by atoms with Gasteiger partial charge in [-0.3, -0.25) is 28.7 Å². The highest BCUT2D eigenvalue weighted by Crippen LogP contribution is 2.33. The van der Waals surface area contributed by atoms with Crippen LogP contribution >= 0.6 is 0 Å². The Morgan fingerprint density at radius 1 is 1.19 bits per heavy atom. The van der Waals surface area contributed by atoms with Crippen LogP contribution in [0.2, 0.25) is 0 Å². The van der Waals surface area contributed by atoms with E-state index in [1.807, 2.05) is 0 Å². The molecule has 4 atom stereocenters. The number of esters is 3. The van der Waals surface area contributed by atoms with Gasteiger partial charge in [-0.25, -0.2) is 4.79 Å². The molecule has 2 heterocycles. The van der Waals surface area contributed by atoms with Crippen molar-refractivity contribution in [3.8, 4) is 0 Å². The summed E-state index contributed by atoms with van der Waals surface area (Å²) in [5.41, 5.74) is -2.75. The zero-order valence-corrected chi connectivity index (χ0v) is 12.6. The summed E-state index contributed by atoms with van der Waals surface area (Å²) in [5.74, 6) is -5.69. The quantitative estimate of drug-likeness (QED) is 0.494. The van der Waals surface area contributed by atoms with E-state index in [9.17, 15) is 24.0 Å². The summed E-state index contributed by atoms with van der Waals surface area (Å²) in [7, 11) is 0. The Hall–Kier alpha value is -2.95. The molecule has 1 aromatic rings. The molecule has 0 radical (unpaired) electrons. The van der Waals surface area contributed by atoms with Gasteiger partial charge in [0.2, 0.25) is 0 Å². The molecule has 0 bridgehead atoms. The Balaban J connectivity index is 2.65. The fourth-order valence-electron chi connectivity index (χ4n) is 2.25. The van der Waals surface area contributed by atoms with Crippen LogP contribution in [0.15, 0.2) is 21.8 Å². The lowest BCUT2D eigenvalue weighted by Gasteiger charge is -2.23. The first-order valence-corrected chi connectivity index (χ1v) is 6.73. The third-order valence-electron chi connectivity index (χ3n) is 3.13. The van der Waals surface area contributed by atoms with Crippen molar-refractivity contribution in [2.45, 2.75) is 45.1 Å². The highest BCUT2D eigenvalue weighted by molar-refractivity contribution is 5.67. The van der Waals surface area contributed by atoms with Crippen LogP contribution in [-0.2, 0) is 33.3 Å². The summed E-state index contributed by atoms with van der Waals surface area (Å²) in [6.45, 7) is -11.3. The van der Waals surface area contributed by atoms with Gasteiger partial charge >= 0.3 is 23.6 Å². The number of carbonyl (C=O) groups excluding carboxylic acids is 3. The van der Waals surface area contributed by atoms with Crippen LogP contribution in [0.3, 0.4) is 0 Å². The highest BCUT2D eigenvalue weighted by Gasteiger charge is 2.50. The zero-order chi connectivity index (χ0) is 28.7. The van der Waals surface area contributed by atoms with E-state index in [-0.39, 0.29) is 4.57 Å². The maximum atomic E-state index is 12.4. The summed E-state index contributed by atoms with van der Waals surface area (Å²) in [6, 6.07) is -1.10. The Morgan fingerprint density at radius 3 is 2.50 bits per heavy atom. The first kappa shape index (κ1) is 9.12. The normalized spacial score (nSPS) is 32.4. The molecule has 1 saturated heterocycles. The molecular formula is C15H18N2O9. The predicted octanol–water partition coefficient (Wildman–Crippen LogP) is -1.14. The average Bonchev–Trinajstić information content (AvgIpc) is 3.05. The van der Waals surface area contributed by atoms with Gasteiger partial charge < -0.3 is 18.9 Å². The topological polar surface area (TPSA) is 143 Å². The maximum absolute atomic E-state index is 12.4. The van der Waals surface area contributed by atoms with Gasteiger partial charge in [0.15, 0.2) is 18.4 Å². The fraction of sp³-hybridized carbons (Fsp3) is 0.533. The largest absolute Gasteiger partial charge is 0.463 e. The van der Waals surface area contributed by atoms with Crippen molar-refractivity contribution in [2.75, 3.05) is 6.61 Å². The van der Waals surface area contributed by atoms with Crippen molar-refractivity contribution in [3.63, 3.8) is 0 Å². The van der Waals surface area contributed by atoms with E-state index >= 15 is 0 Å². The number of aromatic amines is 1. The number of rotatable bonds is 5. The number of aromatic nitrogens is 2. The minimum absolute atomic E-state index is 0.197. The second kappa shape index (κ2) is 7.95. The van der Waals surface area contributed by atoms with Gasteiger partial charge in [-0.1, -0.05) is 0 Å². The molecule has 142 valence electrons. The number of nitrogens with one attached hydrogen (secondary N) is 1. The van der Waals surface area contributed by atoms with E-state index in [1.54, 1.807) is 4.98 Å². The Bertz CT molecular complexity index is 1180. The molecule has 26 heavy (non-hydrogen) atoms. The molecule has 1 fully saturated rings. The number of hydrogen-bond donors (Lipinski definition) is 1. The van der Waals surface area contributed by atoms with Crippen LogP contribution in [0, 0.1) is 0 Å². The lowest BCUT2D eigenvalue weighted by molar-refractivity contribution is -0.166. The van der Waals surface area contributed by atoms with Crippen molar-refractivity contribution in [1.29, 1.82) is 0 Å². The SMILES string of the molecule is [2H]c1c([2H])n([C@@H]2O[C@H](COC(=O)C([2H])([2H])[2H])[C@@H](OC(=O)C([2H])([2H])[2H])[C@H]2OC(=O)C([2H])([2H])[2H])c(=O)[nH]c1=O. The van der Waals surface area contributed by atoms with E-state index < -0.39 is 93.1 Å². The van der Waals surface area contributed by atoms with Gasteiger partial charge in [0.05, 0.1) is 2.74 Å². The first-order valence-electron chi connectivity index (χ1n) is 12.2. The predicted molar refractivity (Wildman–Crippen MR) is 83.0 cm³/mol. The van der Waals surface area contributed by atoms with Crippen LogP contribution in [0.4, 0.5) is 0 Å². The van der Waals surface area contributed by atoms with Crippen LogP contribution < -0.4 is 11.2 Å². The summed E-state index contributed by atoms with van der Waals surface area (Å²) < 4.78 is 99.5. The number of carbonyl (C=O) groups is 3. The van der Waals surface area contributed by atoms with E-state index in [2.05, 4.69) is 4.74 Å². The van der Waals surface area contributed by atoms with Crippen molar-refractivity contribution < 1.29 is 48.4 Å². The number of nitrogens with zero attached hydrogens (tertiary/aromatic N) is 1. The molecule has 1 aliphatic rings. The maximum Gasteiger partial charge on any atom is 0.330 e. The molecule has 0 aromatic carbocycles. The van der Waals surface area contributed by atoms with Gasteiger partial charge in [0, 0.05) is 45.1 Å². The van der Waals surface area contributed by atoms with Gasteiger partial charge in [0.1, 0.15) is 12.7 Å². The minimum atomic E-state index is -3.45. The molecule has 11 heteroatoms. The van der Waals surface area contributed by atoms with Crippen molar-refractivity contribution in [3.05, 3.63) is 33.1 Å². The zero-order valence-electron chi connectivity index (χ0n) is 23.6. The van der Waals surface area contributed by atoms with Crippen LogP contribution in [0.1, 0.15) is 41.9 Å². The van der Waals surface area contributed by atoms with Crippen molar-refractivity contribution >= 4 is 17.9 Å². The molecular weight excluding hydrogens is 352 g/mol. The summed E-state index contributed by atoms with van der Waals surface area (Å²) >= 11 is 0. The average molecular weight is 381 g/mol. The standard InChI is InChI=1S/C15H18N2O9/c1-7(18)23-6-10-12(24-8(2)19)13(25-9(3)20)14(26-10)17-5-4-11(21)16-15(17)22/h4-5,10,12-14H,6H2,1-3H3,(H,16,21,22)/t10-,12-,13-,14-/m1/s1/i1D3,2D3,3D3,4D,5D. The monoisotopic (exact) mass is 381 g/mol. The highest BCUT2D eigenvalue weighted by atomic mass is 16.7. The molecule has 11 nitrogen and oxygen atoms in total. The Morgan fingerprint density at radius 2 is 1.85 bits per heavy atom. The molecule has 1 aromatic heterocycles. The minimum Gasteiger partial charge on any atom is -0.463 e. The summed E-state index contributed by atoms with van der Waals surface area (Å²) in [4.78, 5) is 61.7. The Kier molecular flexibility index (Phi) is 2.79. The fourth-order valence-corrected chi connectivity index (χ4v) is 2.25. The van der Waals surface area contributed by atoms with Crippen LogP contribution in [-0.4, -0.2) is 52.4 Å². The third-order valence-corrected chi connectivity index (χ3v) is 3.13. The molecule has 0 unspecified atom stereocenters. The summed E-state index contributed by atoms with van der Waals surface area (Å²) in [6.07, 6.45) is -9.58. The Labute approximate surface area is 162 Å². The smallest absolute Gasteiger partial charge is 0.330 e. The van der Waals surface area contributed by atoms with Gasteiger partial charge in [-0.15, -0.1) is 0 Å². The first-order chi connectivity index (χ1) is 16.7. The second-order valence-corrected chi connectivity index (χ2v) is 4.77. The molecule has 1 N–H and O–H groups in total. The van der Waals surface area contributed by atoms with E-state index in [1.165, 1.54) is 0 Å². The molecule has 1 aliphatic heterocycles. The van der Waals surface area contributed by atoms with Crippen molar-refractivity contribution in [2.24, 2.45) is 0 Å². The van der Waals surface area contributed by atoms with E-state index in [0.717, 1.165) is 0 Å². The molecule has 2 rings (SSSR count). The van der Waals surface area contributed by atoms with E-state index in [0.29, 0.717) is 0 Å². The van der Waals surface area contributed by atoms with Gasteiger partial charge in [0.25, 0.3) is 5.56 Å². The molecule has 0 spiro atoms. The number of hydrogen-bond acceptors (Lipinski definition) is 9. The second-order valence-electron chi connectivity index (χ2n) is 4.77. The van der Waals surface area contributed by atoms with E-state index in [4.69, 9.17) is 29.3 Å². The molecule has 0 saturated carbocycles. The van der Waals surface area contributed by atoms with Crippen molar-refractivity contribution in [1.82, 2.24) is 9.55 Å². The molecule has 0 aliphatic carbocycles. The lowest BCUT2D eigenvalue weighted by Crippen LogP contribution is -2.42. The molecule has 0 amide bonds. The number of ether oxygens (including phenoxy) is 4. The van der Waals surface area contributed by atoms with Gasteiger partial charge in [-0.2, -0.15) is 0 Å². The van der Waals surface area contributed by atoms with Gasteiger partial charge in [-0.05, 0) is 0 Å². The number of H-pyrrole nitrogens is 1. The van der Waals surface area contributed by atoms with Crippen LogP contribution in [0.5, 0.6) is 0 Å². The van der Waals surface area contributed by atoms with Crippen LogP contribution in [0.25, 0.3) is 0 Å².